The molecule has 25 heavy (non-hydrogen) atoms. The average molecular weight is 335 g/mol. The van der Waals surface area contributed by atoms with Gasteiger partial charge >= 0.3 is 6.03 Å². The molecule has 1 heterocycles. The van der Waals surface area contributed by atoms with E-state index in [9.17, 15) is 9.59 Å². The Morgan fingerprint density at radius 2 is 1.64 bits per heavy atom. The fourth-order valence-electron chi connectivity index (χ4n) is 3.74. The number of nitrogens with one attached hydrogen (secondary N) is 2. The molecule has 0 aromatic heterocycles. The molecule has 0 spiro atoms. The summed E-state index contributed by atoms with van der Waals surface area (Å²) in [5, 5.41) is 5.90. The van der Waals surface area contributed by atoms with Crippen molar-refractivity contribution in [2.75, 3.05) is 18.0 Å². The number of fused-ring (bicyclic) bond motifs is 2. The number of hydrogen-bond donors (Lipinski definition) is 2. The zero-order valence-electron chi connectivity index (χ0n) is 14.0. The third-order valence-corrected chi connectivity index (χ3v) is 4.93. The van der Waals surface area contributed by atoms with Crippen LogP contribution in [0.4, 0.5) is 10.5 Å². The largest absolute Gasteiger partial charge is 0.336 e. The molecule has 2 aromatic rings. The number of carbonyl (C=O) groups is 2. The number of nitrogens with zero attached hydrogens (tertiary/aromatic N) is 1. The van der Waals surface area contributed by atoms with Crippen molar-refractivity contribution in [1.82, 2.24) is 10.6 Å². The van der Waals surface area contributed by atoms with E-state index in [1.54, 1.807) is 4.90 Å². The number of benzene rings is 2. The molecule has 0 atom stereocenters. The van der Waals surface area contributed by atoms with Crippen molar-refractivity contribution in [2.45, 2.75) is 25.3 Å². The number of para-hydroxylation sites is 1. The molecular weight excluding hydrogens is 314 g/mol. The van der Waals surface area contributed by atoms with Crippen molar-refractivity contribution < 1.29 is 9.59 Å². The topological polar surface area (TPSA) is 61.4 Å². The first-order valence-electron chi connectivity index (χ1n) is 8.70. The van der Waals surface area contributed by atoms with Crippen LogP contribution < -0.4 is 15.5 Å². The number of rotatable bonds is 4. The van der Waals surface area contributed by atoms with Crippen LogP contribution in [0.15, 0.2) is 48.5 Å². The van der Waals surface area contributed by atoms with Crippen molar-refractivity contribution in [3.63, 3.8) is 0 Å². The fraction of sp³-hybridized carbons (Fsp3) is 0.300. The molecule has 5 nitrogen and oxygen atoms in total. The molecule has 5 heteroatoms. The van der Waals surface area contributed by atoms with Crippen LogP contribution in [0, 0.1) is 0 Å². The minimum absolute atomic E-state index is 0.0923. The Morgan fingerprint density at radius 1 is 1.00 bits per heavy atom. The van der Waals surface area contributed by atoms with Crippen molar-refractivity contribution >= 4 is 17.6 Å². The molecule has 2 aliphatic rings. The summed E-state index contributed by atoms with van der Waals surface area (Å²) < 4.78 is 0. The van der Waals surface area contributed by atoms with Gasteiger partial charge in [0.25, 0.3) is 0 Å². The summed E-state index contributed by atoms with van der Waals surface area (Å²) in [7, 11) is 0. The van der Waals surface area contributed by atoms with E-state index in [1.807, 2.05) is 36.4 Å². The van der Waals surface area contributed by atoms with Crippen LogP contribution in [0.5, 0.6) is 0 Å². The second-order valence-corrected chi connectivity index (χ2v) is 6.62. The molecule has 4 rings (SSSR count). The van der Waals surface area contributed by atoms with E-state index in [0.29, 0.717) is 19.5 Å². The molecular formula is C20H21N3O2. The summed E-state index contributed by atoms with van der Waals surface area (Å²) in [6, 6.07) is 16.1. The lowest BCUT2D eigenvalue weighted by molar-refractivity contribution is -0.117. The van der Waals surface area contributed by atoms with Crippen LogP contribution >= 0.6 is 0 Å². The van der Waals surface area contributed by atoms with Gasteiger partial charge in [-0.1, -0.05) is 42.5 Å². The predicted octanol–water partition coefficient (Wildman–Crippen LogP) is 2.04. The number of anilines is 1. The van der Waals surface area contributed by atoms with E-state index >= 15 is 0 Å². The fourth-order valence-corrected chi connectivity index (χ4v) is 3.74. The van der Waals surface area contributed by atoms with Gasteiger partial charge < -0.3 is 15.5 Å². The van der Waals surface area contributed by atoms with Gasteiger partial charge in [-0.15, -0.1) is 0 Å². The zero-order valence-corrected chi connectivity index (χ0v) is 14.0. The van der Waals surface area contributed by atoms with Crippen molar-refractivity contribution in [1.29, 1.82) is 0 Å². The molecule has 0 fully saturated rings. The van der Waals surface area contributed by atoms with E-state index in [2.05, 4.69) is 22.8 Å². The molecule has 0 saturated heterocycles. The summed E-state index contributed by atoms with van der Waals surface area (Å²) in [5.41, 5.74) is 4.64. The van der Waals surface area contributed by atoms with Crippen molar-refractivity contribution in [3.8, 4) is 0 Å². The first-order valence-corrected chi connectivity index (χ1v) is 8.70. The predicted molar refractivity (Wildman–Crippen MR) is 96.7 cm³/mol. The first kappa shape index (κ1) is 15.7. The maximum Gasteiger partial charge on any atom is 0.315 e. The van der Waals surface area contributed by atoms with Gasteiger partial charge in [-0.25, -0.2) is 4.79 Å². The van der Waals surface area contributed by atoms with Crippen LogP contribution in [0.2, 0.25) is 0 Å². The van der Waals surface area contributed by atoms with E-state index in [4.69, 9.17) is 0 Å². The van der Waals surface area contributed by atoms with Crippen molar-refractivity contribution in [2.24, 2.45) is 0 Å². The highest BCUT2D eigenvalue weighted by molar-refractivity contribution is 6.01. The Hall–Kier alpha value is -2.82. The molecule has 0 bridgehead atoms. The highest BCUT2D eigenvalue weighted by Gasteiger charge is 2.26. The van der Waals surface area contributed by atoms with Crippen LogP contribution in [0.25, 0.3) is 0 Å². The van der Waals surface area contributed by atoms with Gasteiger partial charge in [-0.3, -0.25) is 4.79 Å². The van der Waals surface area contributed by atoms with Gasteiger partial charge in [0.05, 0.1) is 6.42 Å². The molecule has 0 saturated carbocycles. The van der Waals surface area contributed by atoms with Gasteiger partial charge in [0.2, 0.25) is 5.91 Å². The number of hydrogen-bond acceptors (Lipinski definition) is 2. The van der Waals surface area contributed by atoms with Crippen LogP contribution in [-0.2, 0) is 24.1 Å². The highest BCUT2D eigenvalue weighted by atomic mass is 16.2. The Kier molecular flexibility index (Phi) is 4.14. The zero-order chi connectivity index (χ0) is 17.2. The Balaban J connectivity index is 1.26. The SMILES string of the molecule is O=C(NCCN1C(=O)Cc2ccccc21)NC1Cc2ccccc2C1. The van der Waals surface area contributed by atoms with Crippen LogP contribution in [-0.4, -0.2) is 31.1 Å². The van der Waals surface area contributed by atoms with E-state index in [1.165, 1.54) is 11.1 Å². The average Bonchev–Trinajstić information content (AvgIpc) is 3.15. The monoisotopic (exact) mass is 335 g/mol. The Bertz CT molecular complexity index is 793. The van der Waals surface area contributed by atoms with Gasteiger partial charge in [-0.2, -0.15) is 0 Å². The molecule has 0 unspecified atom stereocenters. The maximum atomic E-state index is 12.1. The number of urea groups is 1. The summed E-state index contributed by atoms with van der Waals surface area (Å²) in [4.78, 5) is 26.0. The van der Waals surface area contributed by atoms with E-state index in [0.717, 1.165) is 24.1 Å². The lowest BCUT2D eigenvalue weighted by Crippen LogP contribution is -2.45. The van der Waals surface area contributed by atoms with Crippen molar-refractivity contribution in [3.05, 3.63) is 65.2 Å². The number of amides is 3. The number of carbonyl (C=O) groups excluding carboxylic acids is 2. The van der Waals surface area contributed by atoms with Gasteiger partial charge in [-0.05, 0) is 35.6 Å². The molecule has 1 aliphatic carbocycles. The second kappa shape index (κ2) is 6.59. The lowest BCUT2D eigenvalue weighted by atomic mass is 10.1. The summed E-state index contributed by atoms with van der Waals surface area (Å²) >= 11 is 0. The summed E-state index contributed by atoms with van der Waals surface area (Å²) in [6.07, 6.45) is 2.20. The first-order chi connectivity index (χ1) is 12.2. The molecule has 1 aliphatic heterocycles. The Labute approximate surface area is 147 Å². The minimum atomic E-state index is -0.169. The van der Waals surface area contributed by atoms with Crippen LogP contribution in [0.1, 0.15) is 16.7 Å². The van der Waals surface area contributed by atoms with Gasteiger partial charge in [0, 0.05) is 24.8 Å². The summed E-state index contributed by atoms with van der Waals surface area (Å²) in [5.74, 6) is 0.0923. The molecule has 2 aromatic carbocycles. The van der Waals surface area contributed by atoms with Gasteiger partial charge in [0.1, 0.15) is 0 Å². The quantitative estimate of drug-likeness (QED) is 0.898. The lowest BCUT2D eigenvalue weighted by Gasteiger charge is -2.18. The smallest absolute Gasteiger partial charge is 0.315 e. The summed E-state index contributed by atoms with van der Waals surface area (Å²) in [6.45, 7) is 0.930. The maximum absolute atomic E-state index is 12.1. The standard InChI is InChI=1S/C20H21N3O2/c24-19-13-16-7-3-4-8-18(16)23(19)10-9-21-20(25)22-17-11-14-5-1-2-6-15(14)12-17/h1-8,17H,9-13H2,(H2,21,22,25). The van der Waals surface area contributed by atoms with E-state index in [-0.39, 0.29) is 18.0 Å². The van der Waals surface area contributed by atoms with Gasteiger partial charge in [0.15, 0.2) is 0 Å². The molecule has 0 radical (unpaired) electrons. The molecule has 128 valence electrons. The Morgan fingerprint density at radius 3 is 2.36 bits per heavy atom. The molecule has 2 N–H and O–H groups in total. The third-order valence-electron chi connectivity index (χ3n) is 4.93. The normalized spacial score (nSPS) is 15.8. The highest BCUT2D eigenvalue weighted by Crippen LogP contribution is 2.27. The minimum Gasteiger partial charge on any atom is -0.336 e. The van der Waals surface area contributed by atoms with Crippen LogP contribution in [0.3, 0.4) is 0 Å². The van der Waals surface area contributed by atoms with E-state index < -0.39 is 0 Å². The third kappa shape index (κ3) is 3.22. The molecule has 3 amide bonds. The second-order valence-electron chi connectivity index (χ2n) is 6.62.